The fraction of sp³-hybridized carbons (Fsp3) is 0.167. The third kappa shape index (κ3) is 2.96. The zero-order chi connectivity index (χ0) is 15.6. The Bertz CT molecular complexity index is 708. The molecule has 0 saturated carbocycles. The van der Waals surface area contributed by atoms with Gasteiger partial charge >= 0.3 is 5.69 Å². The molecule has 0 unspecified atom stereocenters. The van der Waals surface area contributed by atoms with Crippen LogP contribution < -0.4 is 15.8 Å². The SMILES string of the molecule is COc1ccc(F)c(Nc2nc(N)nc(C)c2[N+](=O)[O-])c1. The summed E-state index contributed by atoms with van der Waals surface area (Å²) in [7, 11) is 1.42. The number of aromatic nitrogens is 2. The molecule has 1 heterocycles. The van der Waals surface area contributed by atoms with E-state index in [1.165, 1.54) is 32.2 Å². The van der Waals surface area contributed by atoms with Crippen molar-refractivity contribution in [2.24, 2.45) is 0 Å². The third-order valence-electron chi connectivity index (χ3n) is 2.68. The van der Waals surface area contributed by atoms with Gasteiger partial charge in [0.1, 0.15) is 17.3 Å². The zero-order valence-electron chi connectivity index (χ0n) is 11.3. The standard InChI is InChI=1S/C12H12FN5O3/c1-6-10(18(19)20)11(17-12(14)15-6)16-9-5-7(21-2)3-4-8(9)13/h3-5H,1-2H3,(H3,14,15,16,17). The van der Waals surface area contributed by atoms with Gasteiger partial charge in [-0.3, -0.25) is 10.1 Å². The van der Waals surface area contributed by atoms with Crippen LogP contribution in [0.1, 0.15) is 5.69 Å². The van der Waals surface area contributed by atoms with E-state index in [2.05, 4.69) is 15.3 Å². The van der Waals surface area contributed by atoms with Crippen molar-refractivity contribution in [2.75, 3.05) is 18.2 Å². The van der Waals surface area contributed by atoms with Crippen molar-refractivity contribution in [1.29, 1.82) is 0 Å². The van der Waals surface area contributed by atoms with Crippen LogP contribution in [-0.4, -0.2) is 22.0 Å². The summed E-state index contributed by atoms with van der Waals surface area (Å²) in [5, 5.41) is 13.6. The Labute approximate surface area is 118 Å². The maximum absolute atomic E-state index is 13.8. The first-order valence-electron chi connectivity index (χ1n) is 5.81. The maximum atomic E-state index is 13.8. The number of nitrogens with one attached hydrogen (secondary N) is 1. The van der Waals surface area contributed by atoms with Gasteiger partial charge in [0.2, 0.25) is 11.8 Å². The number of rotatable bonds is 4. The van der Waals surface area contributed by atoms with Crippen molar-refractivity contribution in [3.63, 3.8) is 0 Å². The molecule has 8 nitrogen and oxygen atoms in total. The molecule has 3 N–H and O–H groups in total. The first kappa shape index (κ1) is 14.4. The van der Waals surface area contributed by atoms with Crippen LogP contribution in [0.3, 0.4) is 0 Å². The molecule has 0 saturated heterocycles. The van der Waals surface area contributed by atoms with E-state index in [4.69, 9.17) is 10.5 Å². The van der Waals surface area contributed by atoms with E-state index in [0.29, 0.717) is 5.75 Å². The average molecular weight is 293 g/mol. The second kappa shape index (κ2) is 5.57. The molecule has 0 aliphatic heterocycles. The van der Waals surface area contributed by atoms with Crippen molar-refractivity contribution in [2.45, 2.75) is 6.92 Å². The van der Waals surface area contributed by atoms with Crippen molar-refractivity contribution < 1.29 is 14.1 Å². The van der Waals surface area contributed by atoms with Gasteiger partial charge in [-0.1, -0.05) is 0 Å². The molecule has 0 fully saturated rings. The summed E-state index contributed by atoms with van der Waals surface area (Å²) in [4.78, 5) is 17.9. The number of methoxy groups -OCH3 is 1. The number of halogens is 1. The predicted molar refractivity (Wildman–Crippen MR) is 74.1 cm³/mol. The molecule has 0 aliphatic carbocycles. The fourth-order valence-corrected chi connectivity index (χ4v) is 1.75. The van der Waals surface area contributed by atoms with E-state index in [1.807, 2.05) is 0 Å². The molecule has 21 heavy (non-hydrogen) atoms. The Kier molecular flexibility index (Phi) is 3.83. The summed E-state index contributed by atoms with van der Waals surface area (Å²) >= 11 is 0. The molecular weight excluding hydrogens is 281 g/mol. The van der Waals surface area contributed by atoms with Crippen LogP contribution >= 0.6 is 0 Å². The van der Waals surface area contributed by atoms with E-state index >= 15 is 0 Å². The molecule has 1 aromatic carbocycles. The van der Waals surface area contributed by atoms with E-state index in [0.717, 1.165) is 0 Å². The Morgan fingerprint density at radius 2 is 2.14 bits per heavy atom. The largest absolute Gasteiger partial charge is 0.497 e. The lowest BCUT2D eigenvalue weighted by molar-refractivity contribution is -0.385. The summed E-state index contributed by atoms with van der Waals surface area (Å²) < 4.78 is 18.7. The molecular formula is C12H12FN5O3. The average Bonchev–Trinajstić information content (AvgIpc) is 2.40. The molecule has 0 amide bonds. The highest BCUT2D eigenvalue weighted by atomic mass is 19.1. The maximum Gasteiger partial charge on any atom is 0.332 e. The van der Waals surface area contributed by atoms with Crippen molar-refractivity contribution in [1.82, 2.24) is 9.97 Å². The monoisotopic (exact) mass is 293 g/mol. The second-order valence-electron chi connectivity index (χ2n) is 4.09. The van der Waals surface area contributed by atoms with Gasteiger partial charge in [-0.2, -0.15) is 4.98 Å². The minimum atomic E-state index is -0.658. The number of hydrogen-bond donors (Lipinski definition) is 2. The van der Waals surface area contributed by atoms with E-state index in [1.54, 1.807) is 0 Å². The van der Waals surface area contributed by atoms with E-state index in [9.17, 15) is 14.5 Å². The first-order chi connectivity index (χ1) is 9.92. The van der Waals surface area contributed by atoms with Gasteiger partial charge < -0.3 is 15.8 Å². The Balaban J connectivity index is 2.51. The second-order valence-corrected chi connectivity index (χ2v) is 4.09. The van der Waals surface area contributed by atoms with E-state index < -0.39 is 10.7 Å². The van der Waals surface area contributed by atoms with Gasteiger partial charge in [-0.05, 0) is 19.1 Å². The zero-order valence-corrected chi connectivity index (χ0v) is 11.3. The topological polar surface area (TPSA) is 116 Å². The number of aryl methyl sites for hydroxylation is 1. The molecule has 9 heteroatoms. The van der Waals surface area contributed by atoms with Crippen molar-refractivity contribution >= 4 is 23.1 Å². The minimum absolute atomic E-state index is 0.0186. The van der Waals surface area contributed by atoms with Crippen molar-refractivity contribution in [3.8, 4) is 5.75 Å². The van der Waals surface area contributed by atoms with Gasteiger partial charge in [0.05, 0.1) is 17.7 Å². The van der Waals surface area contributed by atoms with Crippen LogP contribution in [-0.2, 0) is 0 Å². The summed E-state index contributed by atoms with van der Waals surface area (Å²) in [5.74, 6) is -0.554. The molecule has 0 spiro atoms. The normalized spacial score (nSPS) is 10.2. The molecule has 1 aromatic heterocycles. The Hall–Kier alpha value is -2.97. The van der Waals surface area contributed by atoms with E-state index in [-0.39, 0.29) is 28.8 Å². The lowest BCUT2D eigenvalue weighted by Gasteiger charge is -2.10. The van der Waals surface area contributed by atoms with Crippen LogP contribution in [0.5, 0.6) is 5.75 Å². The molecule has 0 aliphatic rings. The highest BCUT2D eigenvalue weighted by Gasteiger charge is 2.22. The number of benzene rings is 1. The summed E-state index contributed by atoms with van der Waals surface area (Å²) in [5.41, 5.74) is 5.17. The van der Waals surface area contributed by atoms with Gasteiger partial charge in [-0.15, -0.1) is 0 Å². The first-order valence-corrected chi connectivity index (χ1v) is 5.81. The van der Waals surface area contributed by atoms with Crippen LogP contribution in [0.25, 0.3) is 0 Å². The highest BCUT2D eigenvalue weighted by Crippen LogP contribution is 2.31. The van der Waals surface area contributed by atoms with Gasteiger partial charge in [0.25, 0.3) is 0 Å². The number of anilines is 3. The fourth-order valence-electron chi connectivity index (χ4n) is 1.75. The highest BCUT2D eigenvalue weighted by molar-refractivity contribution is 5.69. The van der Waals surface area contributed by atoms with Gasteiger partial charge in [0, 0.05) is 6.07 Å². The number of nitrogens with zero attached hydrogens (tertiary/aromatic N) is 3. The predicted octanol–water partition coefficient (Wildman–Crippen LogP) is 2.17. The number of nitro groups is 1. The van der Waals surface area contributed by atoms with Crippen molar-refractivity contribution in [3.05, 3.63) is 39.8 Å². The molecule has 0 bridgehead atoms. The quantitative estimate of drug-likeness (QED) is 0.655. The summed E-state index contributed by atoms with van der Waals surface area (Å²) in [6, 6.07) is 3.95. The number of ether oxygens (including phenoxy) is 1. The lowest BCUT2D eigenvalue weighted by atomic mass is 10.2. The van der Waals surface area contributed by atoms with Gasteiger partial charge in [0.15, 0.2) is 0 Å². The number of nitrogens with two attached hydrogens (primary N) is 1. The molecule has 0 atom stereocenters. The summed E-state index contributed by atoms with van der Waals surface area (Å²) in [6.07, 6.45) is 0. The van der Waals surface area contributed by atoms with Crippen LogP contribution in [0.15, 0.2) is 18.2 Å². The third-order valence-corrected chi connectivity index (χ3v) is 2.68. The van der Waals surface area contributed by atoms with Crippen LogP contribution in [0, 0.1) is 22.9 Å². The molecule has 110 valence electrons. The molecule has 2 aromatic rings. The lowest BCUT2D eigenvalue weighted by Crippen LogP contribution is -2.07. The molecule has 2 rings (SSSR count). The van der Waals surface area contributed by atoms with Crippen LogP contribution in [0.2, 0.25) is 0 Å². The minimum Gasteiger partial charge on any atom is -0.497 e. The van der Waals surface area contributed by atoms with Crippen LogP contribution in [0.4, 0.5) is 27.5 Å². The smallest absolute Gasteiger partial charge is 0.332 e. The Morgan fingerprint density at radius 1 is 1.43 bits per heavy atom. The molecule has 0 radical (unpaired) electrons. The number of nitrogen functional groups attached to an aromatic ring is 1. The summed E-state index contributed by atoms with van der Waals surface area (Å²) in [6.45, 7) is 1.42. The van der Waals surface area contributed by atoms with Gasteiger partial charge in [-0.25, -0.2) is 9.37 Å². The number of hydrogen-bond acceptors (Lipinski definition) is 7. The Morgan fingerprint density at radius 3 is 2.76 bits per heavy atom.